The maximum Gasteiger partial charge on any atom is 0.410 e. The molecule has 2 unspecified atom stereocenters. The van der Waals surface area contributed by atoms with Gasteiger partial charge in [-0.05, 0) is 49.8 Å². The first-order valence-corrected chi connectivity index (χ1v) is 14.8. The van der Waals surface area contributed by atoms with E-state index in [1.807, 2.05) is 6.08 Å². The summed E-state index contributed by atoms with van der Waals surface area (Å²) >= 11 is 0. The first-order chi connectivity index (χ1) is 16.4. The van der Waals surface area contributed by atoms with Gasteiger partial charge >= 0.3 is 6.09 Å². The standard InChI is InChI=1S/C26H43N2O6Si/c1-9-12-33-25(31)28-18(10-11-19(28)15-32-6)13-17(2)22(29)14-21-23(24(30)27-21)20(26(3,4)5)16-34-35(7)8/h9,13,18-21,23H,1,10-12,14-16H2,2-8H3,(H,27,30)/t18?,19?,20-,21-,23+/m1/s1. The van der Waals surface area contributed by atoms with Crippen LogP contribution in [0.2, 0.25) is 13.1 Å². The van der Waals surface area contributed by atoms with Gasteiger partial charge in [-0.1, -0.05) is 39.5 Å². The molecule has 1 radical (unpaired) electrons. The van der Waals surface area contributed by atoms with E-state index in [0.29, 0.717) is 18.8 Å². The van der Waals surface area contributed by atoms with Crippen LogP contribution in [0.3, 0.4) is 0 Å². The second-order valence-corrected chi connectivity index (χ2v) is 12.9. The van der Waals surface area contributed by atoms with Gasteiger partial charge in [0.15, 0.2) is 5.78 Å². The molecule has 2 aliphatic rings. The lowest BCUT2D eigenvalue weighted by Gasteiger charge is -2.46. The first kappa shape index (κ1) is 29.3. The van der Waals surface area contributed by atoms with Crippen molar-refractivity contribution in [2.24, 2.45) is 17.3 Å². The van der Waals surface area contributed by atoms with E-state index in [1.54, 1.807) is 18.9 Å². The third kappa shape index (κ3) is 7.75. The molecule has 2 rings (SSSR count). The highest BCUT2D eigenvalue weighted by Crippen LogP contribution is 2.39. The van der Waals surface area contributed by atoms with Crippen LogP contribution in [0.15, 0.2) is 24.3 Å². The summed E-state index contributed by atoms with van der Waals surface area (Å²) < 4.78 is 16.5. The minimum absolute atomic E-state index is 0.0109. The van der Waals surface area contributed by atoms with Crippen molar-refractivity contribution in [2.75, 3.05) is 26.9 Å². The Morgan fingerprint density at radius 1 is 1.29 bits per heavy atom. The quantitative estimate of drug-likeness (QED) is 0.187. The molecule has 1 N–H and O–H groups in total. The number of nitrogens with one attached hydrogen (secondary N) is 1. The Balaban J connectivity index is 2.11. The van der Waals surface area contributed by atoms with Gasteiger partial charge in [0.25, 0.3) is 0 Å². The number of ketones is 1. The van der Waals surface area contributed by atoms with Gasteiger partial charge in [0.05, 0.1) is 24.6 Å². The topological polar surface area (TPSA) is 94.2 Å². The highest BCUT2D eigenvalue weighted by Gasteiger charge is 2.49. The second kappa shape index (κ2) is 12.8. The fraction of sp³-hybridized carbons (Fsp3) is 0.731. The summed E-state index contributed by atoms with van der Waals surface area (Å²) in [5.74, 6) is -0.267. The van der Waals surface area contributed by atoms with Crippen LogP contribution in [-0.2, 0) is 23.5 Å². The smallest absolute Gasteiger partial charge is 0.410 e. The fourth-order valence-electron chi connectivity index (χ4n) is 4.91. The summed E-state index contributed by atoms with van der Waals surface area (Å²) in [6, 6.07) is -0.560. The van der Waals surface area contributed by atoms with Gasteiger partial charge in [-0.2, -0.15) is 0 Å². The van der Waals surface area contributed by atoms with E-state index >= 15 is 0 Å². The van der Waals surface area contributed by atoms with Gasteiger partial charge in [0, 0.05) is 26.2 Å². The maximum absolute atomic E-state index is 13.2. The lowest BCUT2D eigenvalue weighted by Crippen LogP contribution is -2.63. The monoisotopic (exact) mass is 507 g/mol. The van der Waals surface area contributed by atoms with Crippen LogP contribution in [0, 0.1) is 17.3 Å². The van der Waals surface area contributed by atoms with E-state index in [1.165, 1.54) is 6.08 Å². The SMILES string of the molecule is C=CCOC(=O)N1C(C=C(C)C(=O)C[C@H]2NC(=O)[C@H]2[C@@H](CO[Si](C)C)C(C)(C)C)CCC1COC. The Morgan fingerprint density at radius 3 is 2.51 bits per heavy atom. The number of methoxy groups -OCH3 is 1. The summed E-state index contributed by atoms with van der Waals surface area (Å²) in [7, 11) is 0.723. The number of carbonyl (C=O) groups excluding carboxylic acids is 3. The van der Waals surface area contributed by atoms with Crippen molar-refractivity contribution in [2.45, 2.75) is 78.2 Å². The Kier molecular flexibility index (Phi) is 10.7. The first-order valence-electron chi connectivity index (χ1n) is 12.4. The summed E-state index contributed by atoms with van der Waals surface area (Å²) in [5.41, 5.74) is 0.462. The van der Waals surface area contributed by atoms with E-state index < -0.39 is 15.1 Å². The summed E-state index contributed by atoms with van der Waals surface area (Å²) in [6.45, 7) is 16.9. The third-order valence-electron chi connectivity index (χ3n) is 6.89. The van der Waals surface area contributed by atoms with Crippen LogP contribution < -0.4 is 5.32 Å². The highest BCUT2D eigenvalue weighted by molar-refractivity contribution is 6.48. The molecule has 8 nitrogen and oxygen atoms in total. The van der Waals surface area contributed by atoms with Crippen molar-refractivity contribution in [3.05, 3.63) is 24.3 Å². The van der Waals surface area contributed by atoms with E-state index in [9.17, 15) is 14.4 Å². The molecule has 0 aromatic carbocycles. The highest BCUT2D eigenvalue weighted by atomic mass is 28.3. The summed E-state index contributed by atoms with van der Waals surface area (Å²) in [4.78, 5) is 40.0. The van der Waals surface area contributed by atoms with Gasteiger partial charge in [0.2, 0.25) is 14.9 Å². The van der Waals surface area contributed by atoms with Gasteiger partial charge < -0.3 is 19.2 Å². The maximum atomic E-state index is 13.2. The molecule has 2 amide bonds. The van der Waals surface area contributed by atoms with Gasteiger partial charge in [-0.3, -0.25) is 14.5 Å². The van der Waals surface area contributed by atoms with Crippen LogP contribution in [0.5, 0.6) is 0 Å². The third-order valence-corrected chi connectivity index (χ3v) is 7.63. The summed E-state index contributed by atoms with van der Waals surface area (Å²) in [6.07, 6.45) is 4.68. The minimum atomic E-state index is -0.881. The lowest BCUT2D eigenvalue weighted by molar-refractivity contribution is -0.143. The number of Topliss-reactive ketones (excluding diaryl/α,β-unsaturated/α-hetero) is 1. The minimum Gasteiger partial charge on any atom is -0.445 e. The zero-order chi connectivity index (χ0) is 26.3. The molecule has 0 aromatic rings. The molecule has 35 heavy (non-hydrogen) atoms. The zero-order valence-corrected chi connectivity index (χ0v) is 23.4. The molecule has 0 bridgehead atoms. The zero-order valence-electron chi connectivity index (χ0n) is 22.4. The predicted molar refractivity (Wildman–Crippen MR) is 137 cm³/mol. The molecule has 0 saturated carbocycles. The Labute approximate surface area is 212 Å². The van der Waals surface area contributed by atoms with Crippen LogP contribution in [0.4, 0.5) is 4.79 Å². The fourth-order valence-corrected chi connectivity index (χ4v) is 5.42. The second-order valence-electron chi connectivity index (χ2n) is 10.8. The van der Waals surface area contributed by atoms with Crippen LogP contribution in [0.25, 0.3) is 0 Å². The molecule has 2 saturated heterocycles. The summed E-state index contributed by atoms with van der Waals surface area (Å²) in [5, 5.41) is 2.94. The number of likely N-dealkylation sites (tertiary alicyclic amines) is 1. The molecular formula is C26H43N2O6Si. The molecule has 2 heterocycles. The normalized spacial score (nSPS) is 25.8. The number of amides is 2. The molecule has 5 atom stereocenters. The van der Waals surface area contributed by atoms with E-state index in [0.717, 1.165) is 12.8 Å². The van der Waals surface area contributed by atoms with Crippen molar-refractivity contribution < 1.29 is 28.3 Å². The van der Waals surface area contributed by atoms with E-state index in [4.69, 9.17) is 13.9 Å². The average molecular weight is 508 g/mol. The Bertz CT molecular complexity index is 806. The largest absolute Gasteiger partial charge is 0.445 e. The van der Waals surface area contributed by atoms with Gasteiger partial charge in [0.1, 0.15) is 6.61 Å². The van der Waals surface area contributed by atoms with Crippen LogP contribution in [-0.4, -0.2) is 76.8 Å². The lowest BCUT2D eigenvalue weighted by atomic mass is 9.66. The molecule has 197 valence electrons. The molecule has 2 fully saturated rings. The molecule has 9 heteroatoms. The molecule has 0 aliphatic carbocycles. The number of ether oxygens (including phenoxy) is 2. The van der Waals surface area contributed by atoms with Crippen molar-refractivity contribution in [3.63, 3.8) is 0 Å². The predicted octanol–water partition coefficient (Wildman–Crippen LogP) is 3.74. The number of hydrogen-bond acceptors (Lipinski definition) is 6. The van der Waals surface area contributed by atoms with Crippen molar-refractivity contribution in [1.29, 1.82) is 0 Å². The Morgan fingerprint density at radius 2 is 1.97 bits per heavy atom. The number of hydrogen-bond donors (Lipinski definition) is 1. The number of rotatable bonds is 12. The van der Waals surface area contributed by atoms with E-state index in [-0.39, 0.29) is 60.1 Å². The van der Waals surface area contributed by atoms with Gasteiger partial charge in [-0.25, -0.2) is 4.79 Å². The van der Waals surface area contributed by atoms with E-state index in [2.05, 4.69) is 45.8 Å². The number of nitrogens with zero attached hydrogens (tertiary/aromatic N) is 1. The number of carbonyl (C=O) groups is 3. The Hall–Kier alpha value is -1.97. The number of allylic oxidation sites excluding steroid dienone is 1. The molecule has 0 spiro atoms. The van der Waals surface area contributed by atoms with Crippen LogP contribution in [0.1, 0.15) is 47.0 Å². The average Bonchev–Trinajstić information content (AvgIpc) is 3.15. The molecule has 0 aromatic heterocycles. The van der Waals surface area contributed by atoms with Crippen molar-refractivity contribution >= 4 is 26.8 Å². The van der Waals surface area contributed by atoms with Gasteiger partial charge in [-0.15, -0.1) is 0 Å². The van der Waals surface area contributed by atoms with Crippen molar-refractivity contribution in [1.82, 2.24) is 10.2 Å². The van der Waals surface area contributed by atoms with Crippen molar-refractivity contribution in [3.8, 4) is 0 Å². The molecular weight excluding hydrogens is 464 g/mol. The number of β-lactam (4-membered cyclic amide) rings is 1. The van der Waals surface area contributed by atoms with Crippen LogP contribution >= 0.6 is 0 Å². The molecule has 2 aliphatic heterocycles.